The summed E-state index contributed by atoms with van der Waals surface area (Å²) in [5.41, 5.74) is 2.06. The molecule has 0 spiro atoms. The lowest BCUT2D eigenvalue weighted by Gasteiger charge is -2.31. The van der Waals surface area contributed by atoms with Gasteiger partial charge in [0.25, 0.3) is 5.91 Å². The second-order valence-corrected chi connectivity index (χ2v) is 6.14. The minimum atomic E-state index is 0.195. The smallest absolute Gasteiger partial charge is 0.254 e. The van der Waals surface area contributed by atoms with Gasteiger partial charge in [-0.3, -0.25) is 4.79 Å². The van der Waals surface area contributed by atoms with Crippen LogP contribution in [0.25, 0.3) is 0 Å². The van der Waals surface area contributed by atoms with Gasteiger partial charge < -0.3 is 4.90 Å². The summed E-state index contributed by atoms with van der Waals surface area (Å²) in [6.07, 6.45) is 2.38. The van der Waals surface area contributed by atoms with Gasteiger partial charge in [0.15, 0.2) is 0 Å². The van der Waals surface area contributed by atoms with Gasteiger partial charge in [0, 0.05) is 16.7 Å². The van der Waals surface area contributed by atoms with Crippen molar-refractivity contribution in [1.82, 2.24) is 4.90 Å². The summed E-state index contributed by atoms with van der Waals surface area (Å²) in [5.74, 6) is 0.830. The molecule has 2 nitrogen and oxygen atoms in total. The maximum Gasteiger partial charge on any atom is 0.254 e. The zero-order chi connectivity index (χ0) is 12.4. The molecule has 1 atom stereocenters. The van der Waals surface area contributed by atoms with Crippen molar-refractivity contribution >= 4 is 28.5 Å². The fraction of sp³-hybridized carbons (Fsp3) is 0.500. The molecule has 1 aromatic rings. The summed E-state index contributed by atoms with van der Waals surface area (Å²) >= 11 is 2.26. The van der Waals surface area contributed by atoms with Gasteiger partial charge in [0.2, 0.25) is 0 Å². The number of likely N-dealkylation sites (tertiary alicyclic amines) is 1. The molecule has 1 aromatic carbocycles. The quantitative estimate of drug-likeness (QED) is 0.715. The largest absolute Gasteiger partial charge is 0.338 e. The summed E-state index contributed by atoms with van der Waals surface area (Å²) in [6.45, 7) is 6.09. The fourth-order valence-corrected chi connectivity index (χ4v) is 3.24. The summed E-state index contributed by atoms with van der Waals surface area (Å²) in [4.78, 5) is 14.4. The topological polar surface area (TPSA) is 20.3 Å². The number of piperidine rings is 1. The van der Waals surface area contributed by atoms with E-state index in [1.165, 1.54) is 12.0 Å². The van der Waals surface area contributed by atoms with Gasteiger partial charge in [-0.05, 0) is 60.4 Å². The highest BCUT2D eigenvalue weighted by Crippen LogP contribution is 2.21. The number of halogens is 1. The van der Waals surface area contributed by atoms with Gasteiger partial charge in [-0.15, -0.1) is 0 Å². The molecule has 0 N–H and O–H groups in total. The van der Waals surface area contributed by atoms with Crippen LogP contribution in [-0.4, -0.2) is 23.9 Å². The third-order valence-corrected chi connectivity index (χ3v) is 4.19. The molecule has 0 saturated carbocycles. The van der Waals surface area contributed by atoms with Crippen molar-refractivity contribution < 1.29 is 4.79 Å². The zero-order valence-electron chi connectivity index (χ0n) is 10.4. The van der Waals surface area contributed by atoms with Crippen molar-refractivity contribution in [3.63, 3.8) is 0 Å². The fourth-order valence-electron chi connectivity index (χ4n) is 2.34. The van der Waals surface area contributed by atoms with Crippen LogP contribution in [0.5, 0.6) is 0 Å². The molecule has 1 fully saturated rings. The Morgan fingerprint density at radius 1 is 1.47 bits per heavy atom. The number of hydrogen-bond donors (Lipinski definition) is 0. The molecule has 1 saturated heterocycles. The van der Waals surface area contributed by atoms with Crippen molar-refractivity contribution in [2.45, 2.75) is 26.7 Å². The van der Waals surface area contributed by atoms with Crippen molar-refractivity contribution in [3.05, 3.63) is 32.9 Å². The van der Waals surface area contributed by atoms with Crippen molar-refractivity contribution in [3.8, 4) is 0 Å². The van der Waals surface area contributed by atoms with E-state index < -0.39 is 0 Å². The van der Waals surface area contributed by atoms with Gasteiger partial charge in [0.05, 0.1) is 5.56 Å². The molecule has 0 unspecified atom stereocenters. The summed E-state index contributed by atoms with van der Waals surface area (Å²) < 4.78 is 1.06. The predicted octanol–water partition coefficient (Wildman–Crippen LogP) is 3.47. The Kier molecular flexibility index (Phi) is 4.07. The maximum atomic E-state index is 12.4. The highest BCUT2D eigenvalue weighted by Gasteiger charge is 2.23. The molecule has 0 aromatic heterocycles. The van der Waals surface area contributed by atoms with E-state index in [0.717, 1.165) is 28.6 Å². The molecule has 1 heterocycles. The molecule has 17 heavy (non-hydrogen) atoms. The first-order valence-electron chi connectivity index (χ1n) is 6.13. The van der Waals surface area contributed by atoms with E-state index in [-0.39, 0.29) is 5.91 Å². The Bertz CT molecular complexity index is 430. The highest BCUT2D eigenvalue weighted by atomic mass is 127. The lowest BCUT2D eigenvalue weighted by Crippen LogP contribution is -2.39. The van der Waals surface area contributed by atoms with Crippen LogP contribution in [-0.2, 0) is 0 Å². The van der Waals surface area contributed by atoms with Crippen LogP contribution in [0, 0.1) is 16.4 Å². The number of hydrogen-bond acceptors (Lipinski definition) is 1. The Morgan fingerprint density at radius 2 is 2.24 bits per heavy atom. The Morgan fingerprint density at radius 3 is 2.88 bits per heavy atom. The van der Waals surface area contributed by atoms with Crippen molar-refractivity contribution in [2.24, 2.45) is 5.92 Å². The van der Waals surface area contributed by atoms with Crippen LogP contribution in [0.3, 0.4) is 0 Å². The molecule has 92 valence electrons. The molecular formula is C14H18INO. The van der Waals surface area contributed by atoms with Gasteiger partial charge >= 0.3 is 0 Å². The third-order valence-electron chi connectivity index (χ3n) is 3.30. The molecular weight excluding hydrogens is 325 g/mol. The number of benzene rings is 1. The summed E-state index contributed by atoms with van der Waals surface area (Å²) in [7, 11) is 0. The first-order chi connectivity index (χ1) is 8.08. The Hall–Kier alpha value is -0.580. The van der Waals surface area contributed by atoms with E-state index >= 15 is 0 Å². The average molecular weight is 343 g/mol. The van der Waals surface area contributed by atoms with Gasteiger partial charge in [-0.1, -0.05) is 18.6 Å². The van der Waals surface area contributed by atoms with Crippen LogP contribution in [0.2, 0.25) is 0 Å². The van der Waals surface area contributed by atoms with Gasteiger partial charge in [0.1, 0.15) is 0 Å². The van der Waals surface area contributed by atoms with E-state index in [9.17, 15) is 4.79 Å². The molecule has 2 rings (SSSR count). The van der Waals surface area contributed by atoms with Crippen LogP contribution in [0.15, 0.2) is 18.2 Å². The Labute approximate surface area is 117 Å². The lowest BCUT2D eigenvalue weighted by atomic mass is 9.99. The van der Waals surface area contributed by atoms with Crippen molar-refractivity contribution in [2.75, 3.05) is 13.1 Å². The second-order valence-electron chi connectivity index (χ2n) is 4.98. The van der Waals surface area contributed by atoms with Crippen LogP contribution < -0.4 is 0 Å². The third kappa shape index (κ3) is 3.00. The van der Waals surface area contributed by atoms with E-state index in [4.69, 9.17) is 0 Å². The Balaban J connectivity index is 2.18. The molecule has 3 heteroatoms. The number of rotatable bonds is 1. The van der Waals surface area contributed by atoms with E-state index in [1.54, 1.807) is 0 Å². The predicted molar refractivity (Wildman–Crippen MR) is 78.2 cm³/mol. The number of amides is 1. The minimum absolute atomic E-state index is 0.195. The molecule has 1 aliphatic rings. The standard InChI is InChI=1S/C14H18INO/c1-10-5-6-12(13(15)8-10)14(17)16-7-3-4-11(2)9-16/h5-6,8,11H,3-4,7,9H2,1-2H3/t11-/m0/s1. The molecule has 0 bridgehead atoms. The maximum absolute atomic E-state index is 12.4. The number of nitrogens with zero attached hydrogens (tertiary/aromatic N) is 1. The average Bonchev–Trinajstić information content (AvgIpc) is 2.28. The first-order valence-corrected chi connectivity index (χ1v) is 7.21. The molecule has 0 aliphatic carbocycles. The van der Waals surface area contributed by atoms with Crippen LogP contribution in [0.1, 0.15) is 35.7 Å². The number of aryl methyl sites for hydroxylation is 1. The van der Waals surface area contributed by atoms with E-state index in [2.05, 4.69) is 42.5 Å². The molecule has 0 radical (unpaired) electrons. The first kappa shape index (κ1) is 12.9. The zero-order valence-corrected chi connectivity index (χ0v) is 12.5. The van der Waals surface area contributed by atoms with Crippen LogP contribution >= 0.6 is 22.6 Å². The normalized spacial score (nSPS) is 20.4. The van der Waals surface area contributed by atoms with E-state index in [1.807, 2.05) is 17.0 Å². The summed E-state index contributed by atoms with van der Waals surface area (Å²) in [5, 5.41) is 0. The molecule has 1 amide bonds. The van der Waals surface area contributed by atoms with E-state index in [0.29, 0.717) is 5.92 Å². The number of carbonyl (C=O) groups is 1. The SMILES string of the molecule is Cc1ccc(C(=O)N2CCC[C@H](C)C2)c(I)c1. The van der Waals surface area contributed by atoms with Gasteiger partial charge in [-0.2, -0.15) is 0 Å². The van der Waals surface area contributed by atoms with Crippen LogP contribution in [0.4, 0.5) is 0 Å². The minimum Gasteiger partial charge on any atom is -0.338 e. The summed E-state index contributed by atoms with van der Waals surface area (Å²) in [6, 6.07) is 6.04. The monoisotopic (exact) mass is 343 g/mol. The number of carbonyl (C=O) groups excluding carboxylic acids is 1. The van der Waals surface area contributed by atoms with Gasteiger partial charge in [-0.25, -0.2) is 0 Å². The molecule has 1 aliphatic heterocycles. The van der Waals surface area contributed by atoms with Crippen molar-refractivity contribution in [1.29, 1.82) is 0 Å². The highest BCUT2D eigenvalue weighted by molar-refractivity contribution is 14.1. The lowest BCUT2D eigenvalue weighted by molar-refractivity contribution is 0.0682. The second kappa shape index (κ2) is 5.38.